The Morgan fingerprint density at radius 2 is 1.48 bits per heavy atom. The quantitative estimate of drug-likeness (QED) is 0.387. The Labute approximate surface area is 244 Å². The molecule has 40 heavy (non-hydrogen) atoms. The van der Waals surface area contributed by atoms with Gasteiger partial charge in [0.1, 0.15) is 0 Å². The lowest BCUT2D eigenvalue weighted by molar-refractivity contribution is -0.128. The lowest BCUT2D eigenvalue weighted by atomic mass is 9.44. The minimum atomic E-state index is 0.0853. The molecule has 2 aliphatic heterocycles. The number of hydrogen-bond donors (Lipinski definition) is 2. The molecule has 7 aliphatic rings. The van der Waals surface area contributed by atoms with Gasteiger partial charge >= 0.3 is 6.03 Å². The highest BCUT2D eigenvalue weighted by Crippen LogP contribution is 2.71. The zero-order valence-electron chi connectivity index (χ0n) is 26.4. The fourth-order valence-corrected chi connectivity index (χ4v) is 12.6. The summed E-state index contributed by atoms with van der Waals surface area (Å²) in [5.41, 5.74) is 1.13. The molecule has 1 spiro atoms. The van der Waals surface area contributed by atoms with Crippen LogP contribution in [0, 0.1) is 52.3 Å². The van der Waals surface area contributed by atoms with Crippen LogP contribution in [0.4, 0.5) is 4.79 Å². The van der Waals surface area contributed by atoms with E-state index in [-0.39, 0.29) is 11.6 Å². The fourth-order valence-electron chi connectivity index (χ4n) is 12.6. The lowest BCUT2D eigenvalue weighted by Gasteiger charge is -2.61. The van der Waals surface area contributed by atoms with Crippen LogP contribution in [-0.4, -0.2) is 54.9 Å². The van der Waals surface area contributed by atoms with Crippen LogP contribution < -0.4 is 10.6 Å². The van der Waals surface area contributed by atoms with Gasteiger partial charge in [-0.05, 0) is 162 Å². The van der Waals surface area contributed by atoms with Crippen molar-refractivity contribution in [3.63, 3.8) is 0 Å². The molecular formula is C35H59N3O2. The summed E-state index contributed by atoms with van der Waals surface area (Å²) in [5.74, 6) is 5.78. The maximum atomic E-state index is 12.9. The number of amides is 2. The van der Waals surface area contributed by atoms with E-state index in [0.717, 1.165) is 73.8 Å². The van der Waals surface area contributed by atoms with Crippen molar-refractivity contribution in [3.8, 4) is 0 Å². The van der Waals surface area contributed by atoms with Gasteiger partial charge in [-0.25, -0.2) is 4.79 Å². The van der Waals surface area contributed by atoms with Crippen molar-refractivity contribution >= 4 is 6.03 Å². The van der Waals surface area contributed by atoms with Crippen molar-refractivity contribution in [1.82, 2.24) is 15.5 Å². The highest BCUT2D eigenvalue weighted by atomic mass is 16.5. The fraction of sp³-hybridized carbons (Fsp3) is 0.971. The van der Waals surface area contributed by atoms with Gasteiger partial charge in [0, 0.05) is 12.1 Å². The normalized spacial score (nSPS) is 52.9. The van der Waals surface area contributed by atoms with Crippen LogP contribution in [0.2, 0.25) is 0 Å². The zero-order valence-corrected chi connectivity index (χ0v) is 26.4. The second-order valence-corrected chi connectivity index (χ2v) is 16.8. The summed E-state index contributed by atoms with van der Waals surface area (Å²) < 4.78 is 7.21. The first-order valence-electron chi connectivity index (χ1n) is 17.5. The topological polar surface area (TPSA) is 53.6 Å². The van der Waals surface area contributed by atoms with Crippen molar-refractivity contribution in [2.45, 2.75) is 141 Å². The number of nitrogens with one attached hydrogen (secondary N) is 2. The third-order valence-electron chi connectivity index (χ3n) is 15.0. The maximum absolute atomic E-state index is 12.9. The molecule has 5 nitrogen and oxygen atoms in total. The van der Waals surface area contributed by atoms with E-state index in [0.29, 0.717) is 29.0 Å². The van der Waals surface area contributed by atoms with E-state index in [9.17, 15) is 4.79 Å². The average Bonchev–Trinajstić information content (AvgIpc) is 3.37. The third-order valence-corrected chi connectivity index (χ3v) is 15.0. The van der Waals surface area contributed by atoms with Crippen LogP contribution in [0.1, 0.15) is 118 Å². The van der Waals surface area contributed by atoms with E-state index in [2.05, 4.69) is 50.3 Å². The molecular weight excluding hydrogens is 494 g/mol. The zero-order chi connectivity index (χ0) is 27.9. The summed E-state index contributed by atoms with van der Waals surface area (Å²) in [6.07, 6.45) is 18.6. The van der Waals surface area contributed by atoms with E-state index in [4.69, 9.17) is 4.74 Å². The molecule has 0 aromatic rings. The van der Waals surface area contributed by atoms with Crippen LogP contribution >= 0.6 is 0 Å². The van der Waals surface area contributed by atoms with E-state index in [1.54, 1.807) is 0 Å². The summed E-state index contributed by atoms with van der Waals surface area (Å²) in [5, 5.41) is 6.73. The number of carbonyl (C=O) groups excluding carboxylic acids is 1. The molecule has 0 aromatic carbocycles. The molecule has 0 bridgehead atoms. The van der Waals surface area contributed by atoms with Crippen molar-refractivity contribution < 1.29 is 9.53 Å². The standard InChI is InChI=1S/C35H59N3O2/c1-22-8-16-35(17-9-22)23(2)31-30(40-35)21-29-27-7-6-24-20-26(37-32(39)36-25-12-18-38(5)19-13-25)10-14-33(24,3)28(27)11-15-34(29,31)4/h22-31H,6-21H2,1-5H3,(H2,36,37,39)/t22?,23-,24+,26+,27+,28-,29-,30-,31-,33-,34-,35?/m0/s1. The summed E-state index contributed by atoms with van der Waals surface area (Å²) in [7, 11) is 2.18. The van der Waals surface area contributed by atoms with Crippen molar-refractivity contribution in [1.29, 1.82) is 0 Å². The number of hydrogen-bond acceptors (Lipinski definition) is 3. The molecule has 0 unspecified atom stereocenters. The van der Waals surface area contributed by atoms with Crippen molar-refractivity contribution in [2.24, 2.45) is 52.3 Å². The highest BCUT2D eigenvalue weighted by Gasteiger charge is 2.68. The van der Waals surface area contributed by atoms with E-state index < -0.39 is 0 Å². The summed E-state index contributed by atoms with van der Waals surface area (Å²) in [4.78, 5) is 15.3. The Morgan fingerprint density at radius 3 is 2.23 bits per heavy atom. The number of fused-ring (bicyclic) bond motifs is 7. The molecule has 0 aromatic heterocycles. The molecule has 5 saturated carbocycles. The summed E-state index contributed by atoms with van der Waals surface area (Å²) in [6.45, 7) is 12.6. The van der Waals surface area contributed by atoms with Gasteiger partial charge in [-0.1, -0.05) is 27.7 Å². The molecule has 5 heteroatoms. The molecule has 7 rings (SSSR count). The second-order valence-electron chi connectivity index (χ2n) is 16.8. The predicted molar refractivity (Wildman–Crippen MR) is 161 cm³/mol. The minimum Gasteiger partial charge on any atom is -0.371 e. The van der Waals surface area contributed by atoms with Crippen LogP contribution in [0.15, 0.2) is 0 Å². The monoisotopic (exact) mass is 553 g/mol. The Balaban J connectivity index is 0.990. The van der Waals surface area contributed by atoms with Crippen LogP contribution in [0.25, 0.3) is 0 Å². The van der Waals surface area contributed by atoms with Gasteiger partial charge in [-0.2, -0.15) is 0 Å². The molecule has 2 amide bonds. The number of ether oxygens (including phenoxy) is 1. The molecule has 0 radical (unpaired) electrons. The number of urea groups is 1. The first kappa shape index (κ1) is 28.0. The van der Waals surface area contributed by atoms with Gasteiger partial charge in [0.25, 0.3) is 0 Å². The van der Waals surface area contributed by atoms with E-state index >= 15 is 0 Å². The molecule has 226 valence electrons. The van der Waals surface area contributed by atoms with E-state index in [1.807, 2.05) is 0 Å². The Kier molecular flexibility index (Phi) is 7.09. The van der Waals surface area contributed by atoms with Crippen LogP contribution in [-0.2, 0) is 4.74 Å². The van der Waals surface area contributed by atoms with Gasteiger partial charge in [0.05, 0.1) is 11.7 Å². The predicted octanol–water partition coefficient (Wildman–Crippen LogP) is 7.00. The maximum Gasteiger partial charge on any atom is 0.315 e. The Morgan fingerprint density at radius 1 is 0.775 bits per heavy atom. The SMILES string of the molecule is CC1CCC2(CC1)O[C@H]1C[C@H]3[C@@H]4CC[C@@H]5C[C@H](NC(=O)NC6CCN(C)CC6)CC[C@]5(C)[C@H]4CC[C@]3(C)[C@H]1[C@@H]2C. The van der Waals surface area contributed by atoms with Gasteiger partial charge in [-0.3, -0.25) is 0 Å². The molecule has 5 aliphatic carbocycles. The Bertz CT molecular complexity index is 954. The van der Waals surface area contributed by atoms with Gasteiger partial charge in [-0.15, -0.1) is 0 Å². The van der Waals surface area contributed by atoms with Gasteiger partial charge in [0.2, 0.25) is 0 Å². The smallest absolute Gasteiger partial charge is 0.315 e. The number of likely N-dealkylation sites (tertiary alicyclic amines) is 1. The second kappa shape index (κ2) is 10.1. The number of nitrogens with zero attached hydrogens (tertiary/aromatic N) is 1. The third kappa shape index (κ3) is 4.40. The number of piperidine rings is 1. The first-order valence-corrected chi connectivity index (χ1v) is 17.5. The minimum absolute atomic E-state index is 0.0853. The summed E-state index contributed by atoms with van der Waals surface area (Å²) in [6, 6.07) is 0.775. The molecule has 10 atom stereocenters. The van der Waals surface area contributed by atoms with Crippen molar-refractivity contribution in [3.05, 3.63) is 0 Å². The number of rotatable bonds is 2. The van der Waals surface area contributed by atoms with Gasteiger partial charge in [0.15, 0.2) is 0 Å². The van der Waals surface area contributed by atoms with Crippen molar-refractivity contribution in [2.75, 3.05) is 20.1 Å². The largest absolute Gasteiger partial charge is 0.371 e. The lowest BCUT2D eigenvalue weighted by Crippen LogP contribution is -2.57. The molecule has 2 saturated heterocycles. The van der Waals surface area contributed by atoms with Crippen LogP contribution in [0.5, 0.6) is 0 Å². The number of carbonyl (C=O) groups is 1. The Hall–Kier alpha value is -0.810. The molecule has 2 heterocycles. The highest BCUT2D eigenvalue weighted by molar-refractivity contribution is 5.74. The van der Waals surface area contributed by atoms with E-state index in [1.165, 1.54) is 70.6 Å². The summed E-state index contributed by atoms with van der Waals surface area (Å²) >= 11 is 0. The van der Waals surface area contributed by atoms with Crippen LogP contribution in [0.3, 0.4) is 0 Å². The molecule has 2 N–H and O–H groups in total. The molecule has 7 fully saturated rings. The average molecular weight is 554 g/mol. The van der Waals surface area contributed by atoms with Gasteiger partial charge < -0.3 is 20.3 Å². The first-order chi connectivity index (χ1) is 19.1.